The number of rotatable bonds is 20. The highest BCUT2D eigenvalue weighted by atomic mass is 16.5. The van der Waals surface area contributed by atoms with E-state index in [1.807, 2.05) is 55.5 Å². The molecule has 4 heterocycles. The highest BCUT2D eigenvalue weighted by molar-refractivity contribution is 6.05. The van der Waals surface area contributed by atoms with Crippen LogP contribution in [0.1, 0.15) is 105 Å². The quantitative estimate of drug-likeness (QED) is 0.0851. The molecule has 14 nitrogen and oxygen atoms in total. The lowest BCUT2D eigenvalue weighted by Gasteiger charge is -2.29. The van der Waals surface area contributed by atoms with Crippen LogP contribution in [0.5, 0.6) is 0 Å². The van der Waals surface area contributed by atoms with Gasteiger partial charge in [0.05, 0.1) is 35.5 Å². The fraction of sp³-hybridized carbons (Fsp3) is 0.489. The van der Waals surface area contributed by atoms with Gasteiger partial charge in [0.2, 0.25) is 29.5 Å². The van der Waals surface area contributed by atoms with Crippen LogP contribution in [0.4, 0.5) is 5.69 Å². The van der Waals surface area contributed by atoms with Crippen LogP contribution in [0.2, 0.25) is 0 Å². The Morgan fingerprint density at radius 1 is 0.885 bits per heavy atom. The molecular weight excluding hydrogens is 777 g/mol. The molecule has 0 bridgehead atoms. The summed E-state index contributed by atoms with van der Waals surface area (Å²) in [6.45, 7) is 3.56. The van der Waals surface area contributed by atoms with Crippen LogP contribution >= 0.6 is 0 Å². The fourth-order valence-electron chi connectivity index (χ4n) is 9.11. The summed E-state index contributed by atoms with van der Waals surface area (Å²) in [4.78, 5) is 77.8. The third kappa shape index (κ3) is 10.1. The first-order valence-corrected chi connectivity index (χ1v) is 21.8. The maximum Gasteiger partial charge on any atom is 0.329 e. The number of imide groups is 1. The predicted octanol–water partition coefficient (Wildman–Crippen LogP) is 4.63. The van der Waals surface area contributed by atoms with E-state index in [0.29, 0.717) is 51.0 Å². The van der Waals surface area contributed by atoms with Crippen molar-refractivity contribution < 1.29 is 33.4 Å². The SMILES string of the molecule is C[C@@H](OCc1ccc(CCCOCCCCCc2cccc3c2n(C)c(=O)n3C2CCC(=O)NC2=O)cc1)[C@H](CCC(N)=O)NC(=O)[C@@H]1Cc2cccc3c2N1C(=O)CCC3. The lowest BCUT2D eigenvalue weighted by atomic mass is 10.0. The Balaban J connectivity index is 0.813. The minimum absolute atomic E-state index is 0.0355. The molecule has 5 amide bonds. The van der Waals surface area contributed by atoms with Crippen LogP contribution in [0.25, 0.3) is 11.0 Å². The molecule has 4 N–H and O–H groups in total. The summed E-state index contributed by atoms with van der Waals surface area (Å²) >= 11 is 0. The number of hydrogen-bond donors (Lipinski definition) is 3. The Morgan fingerprint density at radius 3 is 2.43 bits per heavy atom. The molecule has 0 radical (unpaired) electrons. The number of amides is 5. The van der Waals surface area contributed by atoms with Crippen molar-refractivity contribution in [3.8, 4) is 0 Å². The molecule has 61 heavy (non-hydrogen) atoms. The Morgan fingerprint density at radius 2 is 1.64 bits per heavy atom. The standard InChI is InChI=1S/C47H58N6O8/c1-30(36(22-24-40(48)54)49-46(58)39-28-35-15-6-12-33-14-8-17-42(56)53(39)43(33)35)61-29-32-20-18-31(19-21-32)10-9-27-60-26-5-3-4-11-34-13-7-16-37-44(34)51(2)47(59)52(37)38-23-25-41(55)50-45(38)57/h6-7,12-13,15-16,18-21,30,36,38-39H,3-5,8-11,14,17,22-29H2,1-2H3,(H2,48,54)(H,49,58)(H,50,55,57)/t30-,36+,38?,39+/m1/s1. The zero-order valence-electron chi connectivity index (χ0n) is 35.3. The third-order valence-corrected chi connectivity index (χ3v) is 12.4. The molecule has 1 fully saturated rings. The number of imidazole rings is 1. The molecule has 324 valence electrons. The van der Waals surface area contributed by atoms with Crippen molar-refractivity contribution in [2.45, 2.75) is 128 Å². The van der Waals surface area contributed by atoms with Crippen LogP contribution in [0.3, 0.4) is 0 Å². The second-order valence-corrected chi connectivity index (χ2v) is 16.7. The molecular formula is C47H58N6O8. The van der Waals surface area contributed by atoms with Gasteiger partial charge in [-0.15, -0.1) is 0 Å². The number of fused-ring (bicyclic) bond motifs is 1. The average Bonchev–Trinajstić information content (AvgIpc) is 3.70. The normalized spacial score (nSPS) is 18.5. The van der Waals surface area contributed by atoms with Crippen molar-refractivity contribution in [3.63, 3.8) is 0 Å². The number of nitrogens with two attached hydrogens (primary N) is 1. The fourth-order valence-corrected chi connectivity index (χ4v) is 9.11. The number of hydrogen-bond acceptors (Lipinski definition) is 8. The highest BCUT2D eigenvalue weighted by Gasteiger charge is 2.41. The van der Waals surface area contributed by atoms with Gasteiger partial charge in [0, 0.05) is 45.9 Å². The number of aromatic nitrogens is 2. The van der Waals surface area contributed by atoms with Crippen molar-refractivity contribution in [2.75, 3.05) is 18.1 Å². The number of aryl methyl sites for hydroxylation is 4. The number of unbranched alkanes of at least 4 members (excludes halogenated alkanes) is 2. The van der Waals surface area contributed by atoms with Crippen LogP contribution in [-0.2, 0) is 72.8 Å². The summed E-state index contributed by atoms with van der Waals surface area (Å²) in [6.07, 6.45) is 8.38. The molecule has 0 aliphatic carbocycles. The van der Waals surface area contributed by atoms with Gasteiger partial charge in [0.15, 0.2) is 0 Å². The van der Waals surface area contributed by atoms with Gasteiger partial charge < -0.3 is 20.5 Å². The number of benzene rings is 3. The van der Waals surface area contributed by atoms with Crippen molar-refractivity contribution in [1.29, 1.82) is 0 Å². The molecule has 0 saturated carbocycles. The van der Waals surface area contributed by atoms with Gasteiger partial charge in [-0.2, -0.15) is 0 Å². The number of carbonyl (C=O) groups is 5. The van der Waals surface area contributed by atoms with Crippen LogP contribution in [0, 0.1) is 0 Å². The maximum absolute atomic E-state index is 13.8. The predicted molar refractivity (Wildman–Crippen MR) is 231 cm³/mol. The largest absolute Gasteiger partial charge is 0.381 e. The third-order valence-electron chi connectivity index (χ3n) is 12.4. The van der Waals surface area contributed by atoms with E-state index in [1.54, 1.807) is 16.5 Å². The smallest absolute Gasteiger partial charge is 0.329 e. The molecule has 1 aromatic heterocycles. The van der Waals surface area contributed by atoms with E-state index in [0.717, 1.165) is 84.8 Å². The topological polar surface area (TPSA) is 184 Å². The lowest BCUT2D eigenvalue weighted by molar-refractivity contribution is -0.135. The van der Waals surface area contributed by atoms with E-state index in [9.17, 15) is 28.8 Å². The van der Waals surface area contributed by atoms with Crippen molar-refractivity contribution in [2.24, 2.45) is 12.8 Å². The maximum atomic E-state index is 13.8. The van der Waals surface area contributed by atoms with E-state index in [4.69, 9.17) is 15.2 Å². The second-order valence-electron chi connectivity index (χ2n) is 16.7. The summed E-state index contributed by atoms with van der Waals surface area (Å²) < 4.78 is 15.3. The Labute approximate surface area is 356 Å². The number of anilines is 1. The molecule has 0 spiro atoms. The molecule has 14 heteroatoms. The van der Waals surface area contributed by atoms with Gasteiger partial charge in [-0.1, -0.05) is 61.0 Å². The van der Waals surface area contributed by atoms with Gasteiger partial charge in [-0.05, 0) is 98.6 Å². The van der Waals surface area contributed by atoms with Crippen molar-refractivity contribution in [1.82, 2.24) is 19.8 Å². The van der Waals surface area contributed by atoms with Gasteiger partial charge in [-0.3, -0.25) is 43.3 Å². The molecule has 7 rings (SSSR count). The second kappa shape index (κ2) is 19.9. The molecule has 4 aromatic rings. The Kier molecular flexibility index (Phi) is 14.2. The van der Waals surface area contributed by atoms with Crippen molar-refractivity contribution >= 4 is 46.3 Å². The summed E-state index contributed by atoms with van der Waals surface area (Å²) in [5.74, 6) is -1.48. The minimum Gasteiger partial charge on any atom is -0.381 e. The van der Waals surface area contributed by atoms with Gasteiger partial charge in [0.25, 0.3) is 0 Å². The number of piperidine rings is 1. The number of para-hydroxylation sites is 2. The number of nitrogens with one attached hydrogen (secondary N) is 2. The molecule has 1 unspecified atom stereocenters. The molecule has 3 aliphatic rings. The summed E-state index contributed by atoms with van der Waals surface area (Å²) in [5, 5.41) is 5.48. The average molecular weight is 835 g/mol. The van der Waals surface area contributed by atoms with Crippen LogP contribution < -0.4 is 27.0 Å². The van der Waals surface area contributed by atoms with Crippen LogP contribution in [-0.4, -0.2) is 70.1 Å². The van der Waals surface area contributed by atoms with Gasteiger partial charge >= 0.3 is 5.69 Å². The van der Waals surface area contributed by atoms with Crippen LogP contribution in [0.15, 0.2) is 65.5 Å². The summed E-state index contributed by atoms with van der Waals surface area (Å²) in [6, 6.07) is 18.3. The number of ether oxygens (including phenoxy) is 2. The molecule has 3 aliphatic heterocycles. The Hall–Kier alpha value is -5.60. The van der Waals surface area contributed by atoms with E-state index < -0.39 is 36.0 Å². The number of primary amides is 1. The minimum atomic E-state index is -0.695. The first-order valence-electron chi connectivity index (χ1n) is 21.8. The summed E-state index contributed by atoms with van der Waals surface area (Å²) in [5.41, 5.74) is 13.0. The molecule has 4 atom stereocenters. The Bertz CT molecular complexity index is 2320. The number of carbonyl (C=O) groups excluding carboxylic acids is 5. The first-order chi connectivity index (χ1) is 29.5. The highest BCUT2D eigenvalue weighted by Crippen LogP contribution is 2.39. The van der Waals surface area contributed by atoms with E-state index in [1.165, 1.54) is 10.1 Å². The van der Waals surface area contributed by atoms with E-state index in [-0.39, 0.29) is 36.3 Å². The van der Waals surface area contributed by atoms with Gasteiger partial charge in [-0.25, -0.2) is 4.79 Å². The number of nitrogens with zero attached hydrogens (tertiary/aromatic N) is 3. The summed E-state index contributed by atoms with van der Waals surface area (Å²) in [7, 11) is 1.73. The lowest BCUT2D eigenvalue weighted by Crippen LogP contribution is -2.53. The zero-order chi connectivity index (χ0) is 43.0. The molecule has 3 aromatic carbocycles. The van der Waals surface area contributed by atoms with Gasteiger partial charge in [0.1, 0.15) is 12.1 Å². The van der Waals surface area contributed by atoms with E-state index >= 15 is 0 Å². The molecule has 1 saturated heterocycles. The zero-order valence-corrected chi connectivity index (χ0v) is 35.3. The monoisotopic (exact) mass is 834 g/mol. The van der Waals surface area contributed by atoms with E-state index in [2.05, 4.69) is 22.8 Å². The first kappa shape index (κ1) is 43.5. The van der Waals surface area contributed by atoms with Crippen molar-refractivity contribution in [3.05, 3.63) is 99.0 Å².